The van der Waals surface area contributed by atoms with Gasteiger partial charge in [-0.25, -0.2) is 4.98 Å². The summed E-state index contributed by atoms with van der Waals surface area (Å²) in [5.74, 6) is 0.960. The molecular weight excluding hydrogens is 505 g/mol. The van der Waals surface area contributed by atoms with Crippen molar-refractivity contribution in [3.63, 3.8) is 0 Å². The van der Waals surface area contributed by atoms with Crippen LogP contribution in [0.1, 0.15) is 48.1 Å². The lowest BCUT2D eigenvalue weighted by Crippen LogP contribution is -2.52. The summed E-state index contributed by atoms with van der Waals surface area (Å²) in [5.41, 5.74) is 1.43. The highest BCUT2D eigenvalue weighted by atomic mass is 127. The first-order valence-electron chi connectivity index (χ1n) is 11.0. The molecule has 30 heavy (non-hydrogen) atoms. The molecule has 2 aromatic rings. The fourth-order valence-corrected chi connectivity index (χ4v) is 5.51. The number of hydrogen-bond donors (Lipinski definition) is 2. The van der Waals surface area contributed by atoms with E-state index in [0.717, 1.165) is 32.0 Å². The molecule has 2 saturated heterocycles. The second-order valence-corrected chi connectivity index (χ2v) is 9.55. The molecule has 2 atom stereocenters. The number of halogens is 1. The van der Waals surface area contributed by atoms with E-state index >= 15 is 0 Å². The van der Waals surface area contributed by atoms with E-state index in [-0.39, 0.29) is 24.0 Å². The highest BCUT2D eigenvalue weighted by molar-refractivity contribution is 14.0. The summed E-state index contributed by atoms with van der Waals surface area (Å²) in [6.07, 6.45) is 7.93. The van der Waals surface area contributed by atoms with Crippen LogP contribution < -0.4 is 10.6 Å². The smallest absolute Gasteiger partial charge is 0.191 e. The van der Waals surface area contributed by atoms with Crippen molar-refractivity contribution >= 4 is 41.3 Å². The third-order valence-electron chi connectivity index (χ3n) is 6.04. The Morgan fingerprint density at radius 2 is 1.93 bits per heavy atom. The van der Waals surface area contributed by atoms with Crippen molar-refractivity contribution in [1.82, 2.24) is 20.5 Å². The predicted molar refractivity (Wildman–Crippen MR) is 137 cm³/mol. The molecule has 0 aliphatic carbocycles. The maximum atomic E-state index is 4.82. The molecule has 0 amide bonds. The Bertz CT molecular complexity index is 795. The van der Waals surface area contributed by atoms with Gasteiger partial charge >= 0.3 is 0 Å². The van der Waals surface area contributed by atoms with E-state index in [1.807, 2.05) is 6.20 Å². The maximum Gasteiger partial charge on any atom is 0.191 e. The second kappa shape index (κ2) is 11.4. The van der Waals surface area contributed by atoms with Crippen molar-refractivity contribution in [3.05, 3.63) is 52.0 Å². The monoisotopic (exact) mass is 539 g/mol. The van der Waals surface area contributed by atoms with E-state index in [0.29, 0.717) is 18.1 Å². The molecule has 2 bridgehead atoms. The molecule has 2 N–H and O–H groups in total. The lowest BCUT2D eigenvalue weighted by Gasteiger charge is -2.39. The zero-order valence-electron chi connectivity index (χ0n) is 18.0. The van der Waals surface area contributed by atoms with Crippen LogP contribution in [0.2, 0.25) is 0 Å². The van der Waals surface area contributed by atoms with Gasteiger partial charge in [0, 0.05) is 55.3 Å². The third-order valence-corrected chi connectivity index (χ3v) is 7.01. The molecule has 4 rings (SSSR count). The van der Waals surface area contributed by atoms with Crippen LogP contribution >= 0.6 is 35.3 Å². The van der Waals surface area contributed by atoms with Gasteiger partial charge in [0.15, 0.2) is 5.96 Å². The van der Waals surface area contributed by atoms with Crippen molar-refractivity contribution in [3.8, 4) is 0 Å². The second-order valence-electron chi connectivity index (χ2n) is 8.23. The number of thiazole rings is 1. The molecule has 2 unspecified atom stereocenters. The average Bonchev–Trinajstić information content (AvgIpc) is 3.22. The van der Waals surface area contributed by atoms with Gasteiger partial charge in [-0.2, -0.15) is 0 Å². The molecule has 2 aliphatic heterocycles. The van der Waals surface area contributed by atoms with Crippen LogP contribution in [0.25, 0.3) is 0 Å². The molecule has 0 spiro atoms. The van der Waals surface area contributed by atoms with E-state index in [4.69, 9.17) is 4.99 Å². The van der Waals surface area contributed by atoms with Crippen molar-refractivity contribution in [2.24, 2.45) is 4.99 Å². The summed E-state index contributed by atoms with van der Waals surface area (Å²) in [6, 6.07) is 12.8. The number of benzene rings is 1. The highest BCUT2D eigenvalue weighted by Gasteiger charge is 2.40. The lowest BCUT2D eigenvalue weighted by molar-refractivity contribution is 0.114. The Balaban J connectivity index is 0.00000256. The van der Waals surface area contributed by atoms with Crippen LogP contribution in [0.5, 0.6) is 0 Å². The van der Waals surface area contributed by atoms with Crippen molar-refractivity contribution in [1.29, 1.82) is 0 Å². The molecule has 7 heteroatoms. The van der Waals surface area contributed by atoms with Crippen LogP contribution in [0, 0.1) is 6.92 Å². The number of aryl methyl sites for hydroxylation is 1. The number of nitrogens with one attached hydrogen (secondary N) is 2. The molecule has 3 heterocycles. The van der Waals surface area contributed by atoms with Crippen LogP contribution in [0.15, 0.2) is 41.5 Å². The van der Waals surface area contributed by atoms with Crippen LogP contribution in [-0.2, 0) is 13.0 Å². The summed E-state index contributed by atoms with van der Waals surface area (Å²) in [6.45, 7) is 7.00. The first-order valence-corrected chi connectivity index (χ1v) is 11.8. The number of rotatable bonds is 7. The summed E-state index contributed by atoms with van der Waals surface area (Å²) >= 11 is 1.77. The zero-order chi connectivity index (χ0) is 20.1. The highest BCUT2D eigenvalue weighted by Crippen LogP contribution is 2.36. The Morgan fingerprint density at radius 1 is 1.20 bits per heavy atom. The molecular formula is C23H34IN5S. The van der Waals surface area contributed by atoms with E-state index < -0.39 is 0 Å². The molecule has 1 aromatic carbocycles. The van der Waals surface area contributed by atoms with Crippen molar-refractivity contribution < 1.29 is 0 Å². The first-order chi connectivity index (χ1) is 14.2. The van der Waals surface area contributed by atoms with Crippen LogP contribution in [0.3, 0.4) is 0 Å². The normalized spacial score (nSPS) is 23.8. The summed E-state index contributed by atoms with van der Waals surface area (Å²) in [7, 11) is 0. The van der Waals surface area contributed by atoms with Crippen LogP contribution in [0.4, 0.5) is 0 Å². The largest absolute Gasteiger partial charge is 0.357 e. The fraction of sp³-hybridized carbons (Fsp3) is 0.565. The average molecular weight is 540 g/mol. The Hall–Kier alpha value is -1.19. The number of guanidine groups is 1. The minimum Gasteiger partial charge on any atom is -0.357 e. The Labute approximate surface area is 201 Å². The summed E-state index contributed by atoms with van der Waals surface area (Å²) < 4.78 is 0. The van der Waals surface area contributed by atoms with E-state index in [1.165, 1.54) is 41.1 Å². The number of fused-ring (bicyclic) bond motifs is 2. The first kappa shape index (κ1) is 23.5. The SMILES string of the molecule is CCNC(=NCCc1ncc(C)s1)NC1CC2CCC(C1)N2Cc1ccccc1.I. The van der Waals surface area contributed by atoms with Gasteiger partial charge in [-0.3, -0.25) is 9.89 Å². The quantitative estimate of drug-likeness (QED) is 0.312. The van der Waals surface area contributed by atoms with Crippen molar-refractivity contribution in [2.45, 2.75) is 70.6 Å². The maximum absolute atomic E-state index is 4.82. The van der Waals surface area contributed by atoms with Gasteiger partial charge in [0.1, 0.15) is 0 Å². The molecule has 0 saturated carbocycles. The Morgan fingerprint density at radius 3 is 2.57 bits per heavy atom. The lowest BCUT2D eigenvalue weighted by atomic mass is 9.96. The molecule has 5 nitrogen and oxygen atoms in total. The van der Waals surface area contributed by atoms with Gasteiger partial charge in [-0.1, -0.05) is 30.3 Å². The van der Waals surface area contributed by atoms with Gasteiger partial charge in [0.05, 0.1) is 5.01 Å². The number of aromatic nitrogens is 1. The minimum atomic E-state index is 0. The molecule has 164 valence electrons. The molecule has 0 radical (unpaired) electrons. The van der Waals surface area contributed by atoms with Gasteiger partial charge in [0.25, 0.3) is 0 Å². The number of nitrogens with zero attached hydrogens (tertiary/aromatic N) is 3. The zero-order valence-corrected chi connectivity index (χ0v) is 21.2. The summed E-state index contributed by atoms with van der Waals surface area (Å²) in [4.78, 5) is 13.3. The summed E-state index contributed by atoms with van der Waals surface area (Å²) in [5, 5.41) is 8.33. The van der Waals surface area contributed by atoms with Gasteiger partial charge < -0.3 is 10.6 Å². The van der Waals surface area contributed by atoms with Crippen LogP contribution in [-0.4, -0.2) is 47.1 Å². The minimum absolute atomic E-state index is 0. The molecule has 2 aliphatic rings. The van der Waals surface area contributed by atoms with Crippen molar-refractivity contribution in [2.75, 3.05) is 13.1 Å². The van der Waals surface area contributed by atoms with E-state index in [2.05, 4.69) is 64.7 Å². The standard InChI is InChI=1S/C23H33N5S.HI/c1-3-24-23(25-12-11-22-26-15-17(2)29-22)27-19-13-20-9-10-21(14-19)28(20)16-18-7-5-4-6-8-18;/h4-8,15,19-21H,3,9-14,16H2,1-2H3,(H2,24,25,27);1H. The number of hydrogen-bond acceptors (Lipinski definition) is 4. The van der Waals surface area contributed by atoms with Gasteiger partial charge in [-0.15, -0.1) is 35.3 Å². The molecule has 2 fully saturated rings. The third kappa shape index (κ3) is 6.17. The fourth-order valence-electron chi connectivity index (χ4n) is 4.74. The number of aliphatic imine (C=N–C) groups is 1. The van der Waals surface area contributed by atoms with Gasteiger partial charge in [0.2, 0.25) is 0 Å². The topological polar surface area (TPSA) is 52.6 Å². The number of piperidine rings is 1. The van der Waals surface area contributed by atoms with E-state index in [9.17, 15) is 0 Å². The van der Waals surface area contributed by atoms with Gasteiger partial charge in [-0.05, 0) is 45.1 Å². The Kier molecular flexibility index (Phi) is 8.95. The molecule has 1 aromatic heterocycles. The van der Waals surface area contributed by atoms with E-state index in [1.54, 1.807) is 11.3 Å². The predicted octanol–water partition coefficient (Wildman–Crippen LogP) is 4.36.